The number of esters is 2. The molecule has 0 aliphatic carbocycles. The highest BCUT2D eigenvalue weighted by molar-refractivity contribution is 7.80. The normalized spacial score (nSPS) is 32.1. The van der Waals surface area contributed by atoms with Gasteiger partial charge in [0, 0.05) is 26.7 Å². The van der Waals surface area contributed by atoms with E-state index in [2.05, 4.69) is 17.9 Å². The van der Waals surface area contributed by atoms with Crippen LogP contribution in [0.25, 0.3) is 0 Å². The van der Waals surface area contributed by atoms with Crippen LogP contribution in [0.1, 0.15) is 27.7 Å². The van der Waals surface area contributed by atoms with E-state index in [0.29, 0.717) is 0 Å². The van der Waals surface area contributed by atoms with Crippen molar-refractivity contribution in [2.75, 3.05) is 6.61 Å². The molecule has 0 spiro atoms. The molecule has 0 bridgehead atoms. The first-order valence-electron chi connectivity index (χ1n) is 6.63. The SMILES string of the molecule is CC(=O)NC1[C@H](S)OC(COC(C)=O)[C@H](C)[C@@H]1OC(C)=O. The van der Waals surface area contributed by atoms with Gasteiger partial charge in [-0.05, 0) is 0 Å². The minimum absolute atomic E-state index is 0.0398. The van der Waals surface area contributed by atoms with Crippen LogP contribution in [0.3, 0.4) is 0 Å². The standard InChI is InChI=1S/C13H21NO6S/c1-6-10(5-18-8(3)16)20-13(21)11(14-7(2)15)12(6)19-9(4)17/h6,10-13,21H,5H2,1-4H3,(H,14,15)/t6-,10?,11?,12-,13-/m0/s1. The summed E-state index contributed by atoms with van der Waals surface area (Å²) >= 11 is 4.29. The van der Waals surface area contributed by atoms with Crippen molar-refractivity contribution >= 4 is 30.5 Å². The maximum absolute atomic E-state index is 11.3. The van der Waals surface area contributed by atoms with Crippen LogP contribution >= 0.6 is 12.6 Å². The molecule has 5 atom stereocenters. The van der Waals surface area contributed by atoms with Crippen molar-refractivity contribution in [2.24, 2.45) is 5.92 Å². The van der Waals surface area contributed by atoms with Crippen LogP contribution in [0.2, 0.25) is 0 Å². The predicted octanol–water partition coefficient (Wildman–Crippen LogP) is 0.277. The van der Waals surface area contributed by atoms with E-state index in [0.717, 1.165) is 0 Å². The Hall–Kier alpha value is -1.28. The quantitative estimate of drug-likeness (QED) is 0.571. The summed E-state index contributed by atoms with van der Waals surface area (Å²) in [6.45, 7) is 5.80. The number of rotatable bonds is 4. The van der Waals surface area contributed by atoms with Gasteiger partial charge in [0.1, 0.15) is 24.2 Å². The van der Waals surface area contributed by atoms with Gasteiger partial charge in [-0.15, -0.1) is 12.6 Å². The van der Waals surface area contributed by atoms with Crippen molar-refractivity contribution in [2.45, 2.75) is 51.4 Å². The monoisotopic (exact) mass is 319 g/mol. The summed E-state index contributed by atoms with van der Waals surface area (Å²) in [5.41, 5.74) is -0.671. The van der Waals surface area contributed by atoms with E-state index < -0.39 is 35.6 Å². The third kappa shape index (κ3) is 5.20. The van der Waals surface area contributed by atoms with Gasteiger partial charge in [-0.25, -0.2) is 0 Å². The fraction of sp³-hybridized carbons (Fsp3) is 0.769. The van der Waals surface area contributed by atoms with Crippen molar-refractivity contribution in [3.05, 3.63) is 0 Å². The summed E-state index contributed by atoms with van der Waals surface area (Å²) in [5, 5.41) is 2.68. The first-order chi connectivity index (χ1) is 9.72. The van der Waals surface area contributed by atoms with Crippen molar-refractivity contribution < 1.29 is 28.6 Å². The average molecular weight is 319 g/mol. The summed E-state index contributed by atoms with van der Waals surface area (Å²) in [7, 11) is 0. The Kier molecular flexibility index (Phi) is 6.47. The van der Waals surface area contributed by atoms with E-state index in [-0.39, 0.29) is 18.4 Å². The number of amides is 1. The van der Waals surface area contributed by atoms with E-state index >= 15 is 0 Å². The molecule has 21 heavy (non-hydrogen) atoms. The summed E-state index contributed by atoms with van der Waals surface area (Å²) in [6.07, 6.45) is -1.08. The molecule has 1 amide bonds. The van der Waals surface area contributed by atoms with Crippen LogP contribution < -0.4 is 5.32 Å². The van der Waals surface area contributed by atoms with Gasteiger partial charge in [0.15, 0.2) is 0 Å². The molecule has 2 unspecified atom stereocenters. The van der Waals surface area contributed by atoms with Crippen molar-refractivity contribution in [3.8, 4) is 0 Å². The summed E-state index contributed by atoms with van der Waals surface area (Å²) in [5.74, 6) is -1.43. The Bertz CT molecular complexity index is 415. The summed E-state index contributed by atoms with van der Waals surface area (Å²) in [6, 6.07) is -0.571. The molecule has 0 radical (unpaired) electrons. The third-order valence-electron chi connectivity index (χ3n) is 3.20. The van der Waals surface area contributed by atoms with Crippen LogP contribution in [-0.4, -0.2) is 48.1 Å². The maximum atomic E-state index is 11.3. The molecule has 8 heteroatoms. The number of thiol groups is 1. The van der Waals surface area contributed by atoms with Gasteiger partial charge in [-0.1, -0.05) is 6.92 Å². The lowest BCUT2D eigenvalue weighted by molar-refractivity contribution is -0.180. The lowest BCUT2D eigenvalue weighted by Gasteiger charge is -2.43. The highest BCUT2D eigenvalue weighted by atomic mass is 32.1. The second-order valence-electron chi connectivity index (χ2n) is 5.03. The van der Waals surface area contributed by atoms with Gasteiger partial charge in [0.2, 0.25) is 5.91 Å². The van der Waals surface area contributed by atoms with Gasteiger partial charge in [0.05, 0.1) is 6.10 Å². The first-order valence-corrected chi connectivity index (χ1v) is 7.15. The van der Waals surface area contributed by atoms with E-state index in [1.807, 2.05) is 0 Å². The molecular weight excluding hydrogens is 298 g/mol. The highest BCUT2D eigenvalue weighted by Gasteiger charge is 2.45. The summed E-state index contributed by atoms with van der Waals surface area (Å²) < 4.78 is 15.9. The topological polar surface area (TPSA) is 90.9 Å². The molecule has 7 nitrogen and oxygen atoms in total. The van der Waals surface area contributed by atoms with E-state index in [9.17, 15) is 14.4 Å². The Balaban J connectivity index is 2.87. The molecule has 0 saturated carbocycles. The molecule has 1 N–H and O–H groups in total. The molecular formula is C13H21NO6S. The zero-order chi connectivity index (χ0) is 16.2. The minimum atomic E-state index is -0.671. The second kappa shape index (κ2) is 7.65. The van der Waals surface area contributed by atoms with E-state index in [1.165, 1.54) is 20.8 Å². The van der Waals surface area contributed by atoms with Gasteiger partial charge < -0.3 is 19.5 Å². The van der Waals surface area contributed by atoms with E-state index in [4.69, 9.17) is 14.2 Å². The van der Waals surface area contributed by atoms with Crippen LogP contribution in [0.5, 0.6) is 0 Å². The molecule has 1 saturated heterocycles. The minimum Gasteiger partial charge on any atom is -0.463 e. The maximum Gasteiger partial charge on any atom is 0.302 e. The third-order valence-corrected chi connectivity index (χ3v) is 3.65. The number of carbonyl (C=O) groups is 3. The second-order valence-corrected chi connectivity index (χ2v) is 5.54. The fourth-order valence-corrected chi connectivity index (χ4v) is 2.64. The Morgan fingerprint density at radius 3 is 2.29 bits per heavy atom. The van der Waals surface area contributed by atoms with Crippen LogP contribution in [-0.2, 0) is 28.6 Å². The largest absolute Gasteiger partial charge is 0.463 e. The zero-order valence-corrected chi connectivity index (χ0v) is 13.4. The average Bonchev–Trinajstić information content (AvgIpc) is 2.35. The Morgan fingerprint density at radius 1 is 1.19 bits per heavy atom. The molecule has 0 aromatic carbocycles. The van der Waals surface area contributed by atoms with Crippen molar-refractivity contribution in [3.63, 3.8) is 0 Å². The number of nitrogens with one attached hydrogen (secondary N) is 1. The molecule has 0 aromatic rings. The molecule has 1 heterocycles. The van der Waals surface area contributed by atoms with Gasteiger partial charge in [0.25, 0.3) is 0 Å². The smallest absolute Gasteiger partial charge is 0.302 e. The van der Waals surface area contributed by atoms with Crippen molar-refractivity contribution in [1.29, 1.82) is 0 Å². The predicted molar refractivity (Wildman–Crippen MR) is 76.6 cm³/mol. The number of hydrogen-bond donors (Lipinski definition) is 2. The van der Waals surface area contributed by atoms with Gasteiger partial charge >= 0.3 is 11.9 Å². The number of ether oxygens (including phenoxy) is 3. The van der Waals surface area contributed by atoms with Gasteiger partial charge in [-0.3, -0.25) is 14.4 Å². The lowest BCUT2D eigenvalue weighted by Crippen LogP contribution is -2.60. The first kappa shape index (κ1) is 17.8. The molecule has 1 aliphatic rings. The molecule has 1 rings (SSSR count). The van der Waals surface area contributed by atoms with Crippen molar-refractivity contribution in [1.82, 2.24) is 5.32 Å². The zero-order valence-electron chi connectivity index (χ0n) is 12.5. The summed E-state index contributed by atoms with van der Waals surface area (Å²) in [4.78, 5) is 33.5. The van der Waals surface area contributed by atoms with Crippen LogP contribution in [0.15, 0.2) is 0 Å². The Labute approximate surface area is 129 Å². The molecule has 1 aliphatic heterocycles. The molecule has 1 fully saturated rings. The van der Waals surface area contributed by atoms with Gasteiger partial charge in [-0.2, -0.15) is 0 Å². The number of carbonyl (C=O) groups excluding carboxylic acids is 3. The van der Waals surface area contributed by atoms with E-state index in [1.54, 1.807) is 6.92 Å². The Morgan fingerprint density at radius 2 is 1.81 bits per heavy atom. The van der Waals surface area contributed by atoms with Crippen LogP contribution in [0.4, 0.5) is 0 Å². The lowest BCUT2D eigenvalue weighted by atomic mass is 9.89. The molecule has 0 aromatic heterocycles. The fourth-order valence-electron chi connectivity index (χ4n) is 2.24. The number of hydrogen-bond acceptors (Lipinski definition) is 7. The molecule has 120 valence electrons. The highest BCUT2D eigenvalue weighted by Crippen LogP contribution is 2.30. The van der Waals surface area contributed by atoms with Crippen LogP contribution in [0, 0.1) is 5.92 Å².